The fraction of sp³-hybridized carbons (Fsp3) is 0.385. The summed E-state index contributed by atoms with van der Waals surface area (Å²) in [5, 5.41) is 4.01. The van der Waals surface area contributed by atoms with E-state index in [9.17, 15) is 8.42 Å². The number of halogens is 1. The van der Waals surface area contributed by atoms with Gasteiger partial charge in [0.2, 0.25) is 5.28 Å². The van der Waals surface area contributed by atoms with Crippen LogP contribution >= 0.6 is 11.6 Å². The molecule has 2 rings (SSSR count). The third kappa shape index (κ3) is 3.02. The van der Waals surface area contributed by atoms with E-state index < -0.39 is 9.84 Å². The number of nitrogens with zero attached hydrogens (tertiary/aromatic N) is 2. The van der Waals surface area contributed by atoms with Crippen LogP contribution in [0.3, 0.4) is 0 Å². The highest BCUT2D eigenvalue weighted by molar-refractivity contribution is 7.91. The van der Waals surface area contributed by atoms with Crippen molar-refractivity contribution < 1.29 is 8.42 Å². The molecule has 0 radical (unpaired) electrons. The van der Waals surface area contributed by atoms with Gasteiger partial charge in [0.05, 0.1) is 16.2 Å². The molecular weight excluding hydrogens is 298 g/mol. The van der Waals surface area contributed by atoms with E-state index in [0.29, 0.717) is 11.3 Å². The number of rotatable bonds is 4. The van der Waals surface area contributed by atoms with Crippen molar-refractivity contribution in [2.24, 2.45) is 0 Å². The van der Waals surface area contributed by atoms with Crippen molar-refractivity contribution in [3.05, 3.63) is 23.5 Å². The molecule has 0 fully saturated rings. The zero-order valence-corrected chi connectivity index (χ0v) is 13.1. The maximum absolute atomic E-state index is 11.9. The average molecular weight is 314 g/mol. The Hall–Kier alpha value is -1.40. The van der Waals surface area contributed by atoms with Crippen molar-refractivity contribution in [3.8, 4) is 0 Å². The number of hydrogen-bond acceptors (Lipinski definition) is 5. The minimum atomic E-state index is -3.26. The highest BCUT2D eigenvalue weighted by Gasteiger charge is 2.14. The molecule has 7 heteroatoms. The summed E-state index contributed by atoms with van der Waals surface area (Å²) in [7, 11) is -3.26. The van der Waals surface area contributed by atoms with E-state index in [1.807, 2.05) is 13.8 Å². The Morgan fingerprint density at radius 3 is 2.60 bits per heavy atom. The van der Waals surface area contributed by atoms with Crippen LogP contribution in [-0.4, -0.2) is 30.2 Å². The maximum Gasteiger partial charge on any atom is 0.224 e. The summed E-state index contributed by atoms with van der Waals surface area (Å²) in [4.78, 5) is 8.50. The molecule has 5 nitrogen and oxygen atoms in total. The van der Waals surface area contributed by atoms with Gasteiger partial charge >= 0.3 is 0 Å². The van der Waals surface area contributed by atoms with Crippen molar-refractivity contribution >= 4 is 38.2 Å². The molecule has 0 saturated carbocycles. The third-order valence-electron chi connectivity index (χ3n) is 2.81. The van der Waals surface area contributed by atoms with Crippen LogP contribution < -0.4 is 5.32 Å². The summed E-state index contributed by atoms with van der Waals surface area (Å²) in [6.07, 6.45) is 0. The molecule has 0 aliphatic heterocycles. The number of fused-ring (bicyclic) bond motifs is 1. The fourth-order valence-electron chi connectivity index (χ4n) is 1.82. The molecule has 2 aromatic rings. The van der Waals surface area contributed by atoms with Crippen LogP contribution in [0.1, 0.15) is 20.8 Å². The monoisotopic (exact) mass is 313 g/mol. The second-order valence-electron chi connectivity index (χ2n) is 4.72. The Balaban J connectivity index is 2.65. The van der Waals surface area contributed by atoms with Crippen LogP contribution in [0.15, 0.2) is 23.1 Å². The lowest BCUT2D eigenvalue weighted by Gasteiger charge is -2.12. The van der Waals surface area contributed by atoms with Gasteiger partial charge in [0.1, 0.15) is 5.82 Å². The SMILES string of the molecule is CCS(=O)(=O)c1ccc2c(NC(C)C)nc(Cl)nc2c1. The number of benzene rings is 1. The minimum absolute atomic E-state index is 0.0500. The number of nitrogens with one attached hydrogen (secondary N) is 1. The predicted octanol–water partition coefficient (Wildman–Crippen LogP) is 2.90. The van der Waals surface area contributed by atoms with Crippen LogP contribution in [-0.2, 0) is 9.84 Å². The Morgan fingerprint density at radius 2 is 2.00 bits per heavy atom. The smallest absolute Gasteiger partial charge is 0.224 e. The molecule has 0 bridgehead atoms. The molecule has 1 aromatic heterocycles. The first-order chi connectivity index (χ1) is 9.33. The lowest BCUT2D eigenvalue weighted by Crippen LogP contribution is -2.12. The Bertz CT molecular complexity index is 745. The van der Waals surface area contributed by atoms with Crippen molar-refractivity contribution in [2.45, 2.75) is 31.7 Å². The van der Waals surface area contributed by atoms with E-state index >= 15 is 0 Å². The van der Waals surface area contributed by atoms with Gasteiger partial charge in [-0.1, -0.05) is 6.92 Å². The van der Waals surface area contributed by atoms with Gasteiger partial charge in [-0.2, -0.15) is 0 Å². The number of anilines is 1. The molecule has 1 N–H and O–H groups in total. The molecule has 0 aliphatic rings. The number of aromatic nitrogens is 2. The number of hydrogen-bond donors (Lipinski definition) is 1. The molecule has 1 heterocycles. The maximum atomic E-state index is 11.9. The summed E-state index contributed by atoms with van der Waals surface area (Å²) < 4.78 is 23.8. The summed E-state index contributed by atoms with van der Waals surface area (Å²) in [5.41, 5.74) is 0.516. The van der Waals surface area contributed by atoms with Crippen molar-refractivity contribution in [2.75, 3.05) is 11.1 Å². The van der Waals surface area contributed by atoms with Gasteiger partial charge in [-0.05, 0) is 43.6 Å². The number of sulfone groups is 1. The minimum Gasteiger partial charge on any atom is -0.367 e. The second kappa shape index (κ2) is 5.54. The van der Waals surface area contributed by atoms with E-state index in [1.165, 1.54) is 6.07 Å². The van der Waals surface area contributed by atoms with E-state index in [0.717, 1.165) is 5.39 Å². The molecule has 0 spiro atoms. The highest BCUT2D eigenvalue weighted by atomic mass is 35.5. The quantitative estimate of drug-likeness (QED) is 0.879. The van der Waals surface area contributed by atoms with Crippen LogP contribution in [0.4, 0.5) is 5.82 Å². The van der Waals surface area contributed by atoms with Crippen LogP contribution in [0, 0.1) is 0 Å². The van der Waals surface area contributed by atoms with E-state index in [2.05, 4.69) is 15.3 Å². The van der Waals surface area contributed by atoms with Crippen LogP contribution in [0.2, 0.25) is 5.28 Å². The molecule has 20 heavy (non-hydrogen) atoms. The summed E-state index contributed by atoms with van der Waals surface area (Å²) >= 11 is 5.90. The van der Waals surface area contributed by atoms with Crippen LogP contribution in [0.5, 0.6) is 0 Å². The van der Waals surface area contributed by atoms with E-state index in [-0.39, 0.29) is 22.0 Å². The normalized spacial score (nSPS) is 12.1. The van der Waals surface area contributed by atoms with Gasteiger partial charge in [0.25, 0.3) is 0 Å². The Morgan fingerprint density at radius 1 is 1.30 bits per heavy atom. The first-order valence-corrected chi connectivity index (χ1v) is 8.33. The zero-order chi connectivity index (χ0) is 14.9. The summed E-state index contributed by atoms with van der Waals surface area (Å²) in [6, 6.07) is 5.00. The van der Waals surface area contributed by atoms with E-state index in [1.54, 1.807) is 19.1 Å². The molecule has 1 aromatic carbocycles. The van der Waals surface area contributed by atoms with Gasteiger partial charge in [-0.25, -0.2) is 18.4 Å². The lowest BCUT2D eigenvalue weighted by molar-refractivity contribution is 0.597. The van der Waals surface area contributed by atoms with E-state index in [4.69, 9.17) is 11.6 Å². The van der Waals surface area contributed by atoms with Crippen LogP contribution in [0.25, 0.3) is 10.9 Å². The van der Waals surface area contributed by atoms with Gasteiger partial charge < -0.3 is 5.32 Å². The standard InChI is InChI=1S/C13H16ClN3O2S/c1-4-20(18,19)9-5-6-10-11(7-9)16-13(14)17-12(10)15-8(2)3/h5-8H,4H2,1-3H3,(H,15,16,17). The molecule has 0 amide bonds. The summed E-state index contributed by atoms with van der Waals surface area (Å²) in [5.74, 6) is 0.657. The van der Waals surface area contributed by atoms with Crippen molar-refractivity contribution in [3.63, 3.8) is 0 Å². The van der Waals surface area contributed by atoms with Crippen molar-refractivity contribution in [1.29, 1.82) is 0 Å². The second-order valence-corrected chi connectivity index (χ2v) is 7.34. The molecule has 0 atom stereocenters. The first-order valence-electron chi connectivity index (χ1n) is 6.30. The Kier molecular flexibility index (Phi) is 4.15. The molecule has 0 saturated heterocycles. The van der Waals surface area contributed by atoms with Gasteiger partial charge in [-0.3, -0.25) is 0 Å². The lowest BCUT2D eigenvalue weighted by atomic mass is 10.2. The first kappa shape index (κ1) is 15.0. The highest BCUT2D eigenvalue weighted by Crippen LogP contribution is 2.25. The van der Waals surface area contributed by atoms with Crippen molar-refractivity contribution in [1.82, 2.24) is 9.97 Å². The molecule has 108 valence electrons. The molecule has 0 aliphatic carbocycles. The third-order valence-corrected chi connectivity index (χ3v) is 4.71. The summed E-state index contributed by atoms with van der Waals surface area (Å²) in [6.45, 7) is 5.58. The van der Waals surface area contributed by atoms with Gasteiger partial charge in [0, 0.05) is 11.4 Å². The topological polar surface area (TPSA) is 72.0 Å². The Labute approximate surface area is 123 Å². The van der Waals surface area contributed by atoms with Gasteiger partial charge in [-0.15, -0.1) is 0 Å². The predicted molar refractivity (Wildman–Crippen MR) is 81.0 cm³/mol. The van der Waals surface area contributed by atoms with Gasteiger partial charge in [0.15, 0.2) is 9.84 Å². The zero-order valence-electron chi connectivity index (χ0n) is 11.5. The largest absolute Gasteiger partial charge is 0.367 e. The molecular formula is C13H16ClN3O2S. The molecule has 0 unspecified atom stereocenters. The average Bonchev–Trinajstić information content (AvgIpc) is 2.37. The fourth-order valence-corrected chi connectivity index (χ4v) is 2.90.